The van der Waals surface area contributed by atoms with Crippen molar-refractivity contribution in [1.82, 2.24) is 4.72 Å². The predicted molar refractivity (Wildman–Crippen MR) is 115 cm³/mol. The summed E-state index contributed by atoms with van der Waals surface area (Å²) in [5, 5.41) is 1.30. The van der Waals surface area contributed by atoms with E-state index in [2.05, 4.69) is 23.8 Å². The van der Waals surface area contributed by atoms with Gasteiger partial charge in [0, 0.05) is 22.0 Å². The largest absolute Gasteiger partial charge is 0.237 e. The molecule has 5 heteroatoms. The van der Waals surface area contributed by atoms with E-state index in [1.807, 2.05) is 54.6 Å². The summed E-state index contributed by atoms with van der Waals surface area (Å²) in [6.07, 6.45) is 0.822. The topological polar surface area (TPSA) is 29.1 Å². The fourth-order valence-corrected chi connectivity index (χ4v) is 4.51. The van der Waals surface area contributed by atoms with Crippen molar-refractivity contribution in [2.45, 2.75) is 30.2 Å². The van der Waals surface area contributed by atoms with Crippen molar-refractivity contribution >= 4 is 34.2 Å². The van der Waals surface area contributed by atoms with Crippen LogP contribution in [-0.2, 0) is 17.4 Å². The summed E-state index contributed by atoms with van der Waals surface area (Å²) in [5.74, 6) is 0.163. The third-order valence-electron chi connectivity index (χ3n) is 4.50. The van der Waals surface area contributed by atoms with Gasteiger partial charge in [-0.15, -0.1) is 0 Å². The average Bonchev–Trinajstić information content (AvgIpc) is 2.68. The van der Waals surface area contributed by atoms with Gasteiger partial charge < -0.3 is 0 Å². The fraction of sp³-hybridized carbons (Fsp3) is 0.182. The quantitative estimate of drug-likeness (QED) is 0.499. The molecule has 1 N–H and O–H groups in total. The van der Waals surface area contributed by atoms with Crippen LogP contribution < -0.4 is 4.72 Å². The molecule has 0 aliphatic rings. The third kappa shape index (κ3) is 5.66. The Hall–Kier alpha value is -1.65. The van der Waals surface area contributed by atoms with Crippen molar-refractivity contribution < 1.29 is 4.21 Å². The van der Waals surface area contributed by atoms with Gasteiger partial charge in [-0.05, 0) is 54.8 Å². The smallest absolute Gasteiger partial charge is 0.125 e. The molecule has 0 bridgehead atoms. The molecule has 0 aliphatic heterocycles. The molecule has 3 rings (SSSR count). The Bertz CT molecular complexity index is 900. The van der Waals surface area contributed by atoms with Crippen LogP contribution in [0.25, 0.3) is 0 Å². The van der Waals surface area contributed by atoms with Crippen LogP contribution in [0, 0.1) is 0 Å². The number of nitrogens with one attached hydrogen (secondary N) is 1. The van der Waals surface area contributed by atoms with Crippen molar-refractivity contribution in [3.05, 3.63) is 100 Å². The van der Waals surface area contributed by atoms with E-state index in [0.29, 0.717) is 9.92 Å². The number of halogens is 2. The van der Waals surface area contributed by atoms with Crippen molar-refractivity contribution in [2.75, 3.05) is 0 Å². The van der Waals surface area contributed by atoms with Crippen LogP contribution in [-0.4, -0.2) is 10.3 Å². The number of benzene rings is 3. The van der Waals surface area contributed by atoms with Gasteiger partial charge in [0.15, 0.2) is 0 Å². The standard InChI is InChI=1S/C22H21Cl2NOS/c1-16(25-27(26)21-9-5-8-20(24)15-21)22(18-6-3-2-4-7-18)14-17-10-12-19(23)13-11-17/h2-13,15-16,22,25H,14H2,1H3. The summed E-state index contributed by atoms with van der Waals surface area (Å²) in [5.41, 5.74) is 2.39. The maximum Gasteiger partial charge on any atom is 0.125 e. The molecule has 3 unspecified atom stereocenters. The summed E-state index contributed by atoms with van der Waals surface area (Å²) in [6.45, 7) is 2.07. The van der Waals surface area contributed by atoms with E-state index in [-0.39, 0.29) is 12.0 Å². The molecule has 0 spiro atoms. The van der Waals surface area contributed by atoms with Crippen molar-refractivity contribution in [3.63, 3.8) is 0 Å². The summed E-state index contributed by atoms with van der Waals surface area (Å²) in [4.78, 5) is 0.674. The Morgan fingerprint density at radius 2 is 1.59 bits per heavy atom. The summed E-state index contributed by atoms with van der Waals surface area (Å²) < 4.78 is 16.0. The molecule has 0 aromatic heterocycles. The highest BCUT2D eigenvalue weighted by molar-refractivity contribution is 7.83. The zero-order valence-electron chi connectivity index (χ0n) is 14.9. The normalized spacial score (nSPS) is 14.5. The molecule has 0 fully saturated rings. The van der Waals surface area contributed by atoms with Gasteiger partial charge in [0.2, 0.25) is 0 Å². The van der Waals surface area contributed by atoms with Crippen LogP contribution in [0.5, 0.6) is 0 Å². The highest BCUT2D eigenvalue weighted by Gasteiger charge is 2.22. The zero-order chi connectivity index (χ0) is 19.2. The second kappa shape index (κ2) is 9.52. The lowest BCUT2D eigenvalue weighted by molar-refractivity contribution is 0.526. The summed E-state index contributed by atoms with van der Waals surface area (Å²) >= 11 is 12.0. The molecule has 0 heterocycles. The molecule has 0 aliphatic carbocycles. The van der Waals surface area contributed by atoms with E-state index in [1.165, 1.54) is 11.1 Å². The fourth-order valence-electron chi connectivity index (χ4n) is 3.06. The Balaban J connectivity index is 1.81. The van der Waals surface area contributed by atoms with Gasteiger partial charge in [0.25, 0.3) is 0 Å². The van der Waals surface area contributed by atoms with E-state index < -0.39 is 11.0 Å². The van der Waals surface area contributed by atoms with E-state index >= 15 is 0 Å². The van der Waals surface area contributed by atoms with Gasteiger partial charge in [0.05, 0.1) is 4.90 Å². The Morgan fingerprint density at radius 1 is 0.889 bits per heavy atom. The van der Waals surface area contributed by atoms with Gasteiger partial charge in [-0.1, -0.05) is 71.7 Å². The van der Waals surface area contributed by atoms with Crippen LogP contribution in [0.2, 0.25) is 10.0 Å². The van der Waals surface area contributed by atoms with E-state index in [4.69, 9.17) is 23.2 Å². The molecule has 0 radical (unpaired) electrons. The van der Waals surface area contributed by atoms with E-state index in [9.17, 15) is 4.21 Å². The maximum absolute atomic E-state index is 12.8. The van der Waals surface area contributed by atoms with Crippen LogP contribution in [0.1, 0.15) is 24.0 Å². The van der Waals surface area contributed by atoms with Crippen LogP contribution in [0.15, 0.2) is 83.8 Å². The first-order valence-electron chi connectivity index (χ1n) is 8.76. The second-order valence-electron chi connectivity index (χ2n) is 6.48. The van der Waals surface area contributed by atoms with Crippen molar-refractivity contribution in [2.24, 2.45) is 0 Å². The van der Waals surface area contributed by atoms with Gasteiger partial charge in [-0.25, -0.2) is 8.93 Å². The predicted octanol–water partition coefficient (Wildman–Crippen LogP) is 6.02. The van der Waals surface area contributed by atoms with Gasteiger partial charge in [-0.2, -0.15) is 0 Å². The minimum atomic E-state index is -1.34. The molecule has 27 heavy (non-hydrogen) atoms. The molecule has 3 atom stereocenters. The first kappa shape index (κ1) is 20.1. The molecule has 0 saturated heterocycles. The van der Waals surface area contributed by atoms with Crippen LogP contribution >= 0.6 is 23.2 Å². The summed E-state index contributed by atoms with van der Waals surface area (Å²) in [6, 6.07) is 25.3. The Kier molecular flexibility index (Phi) is 7.08. The van der Waals surface area contributed by atoms with Gasteiger partial charge >= 0.3 is 0 Å². The van der Waals surface area contributed by atoms with E-state index in [0.717, 1.165) is 11.4 Å². The van der Waals surface area contributed by atoms with Gasteiger partial charge in [0.1, 0.15) is 11.0 Å². The number of hydrogen-bond acceptors (Lipinski definition) is 1. The lowest BCUT2D eigenvalue weighted by Gasteiger charge is -2.25. The van der Waals surface area contributed by atoms with Crippen LogP contribution in [0.3, 0.4) is 0 Å². The maximum atomic E-state index is 12.8. The molecule has 0 saturated carbocycles. The molecule has 140 valence electrons. The van der Waals surface area contributed by atoms with Crippen molar-refractivity contribution in [3.8, 4) is 0 Å². The lowest BCUT2D eigenvalue weighted by Crippen LogP contribution is -2.34. The first-order chi connectivity index (χ1) is 13.0. The van der Waals surface area contributed by atoms with Crippen LogP contribution in [0.4, 0.5) is 0 Å². The first-order valence-corrected chi connectivity index (χ1v) is 10.7. The minimum absolute atomic E-state index is 0.0112. The number of hydrogen-bond donors (Lipinski definition) is 1. The highest BCUT2D eigenvalue weighted by Crippen LogP contribution is 2.26. The average molecular weight is 418 g/mol. The number of rotatable bonds is 7. The molecular formula is C22H21Cl2NOS. The van der Waals surface area contributed by atoms with Crippen molar-refractivity contribution in [1.29, 1.82) is 0 Å². The minimum Gasteiger partial charge on any atom is -0.237 e. The Labute approximate surface area is 173 Å². The Morgan fingerprint density at radius 3 is 2.26 bits per heavy atom. The molecule has 3 aromatic rings. The SMILES string of the molecule is CC(NS(=O)c1cccc(Cl)c1)C(Cc1ccc(Cl)cc1)c1ccccc1. The molecule has 0 amide bonds. The molecule has 3 aromatic carbocycles. The summed E-state index contributed by atoms with van der Waals surface area (Å²) in [7, 11) is -1.34. The lowest BCUT2D eigenvalue weighted by atomic mass is 9.87. The third-order valence-corrected chi connectivity index (χ3v) is 6.26. The molecule has 2 nitrogen and oxygen atoms in total. The zero-order valence-corrected chi connectivity index (χ0v) is 17.3. The molecular weight excluding hydrogens is 397 g/mol. The monoisotopic (exact) mass is 417 g/mol. The van der Waals surface area contributed by atoms with E-state index in [1.54, 1.807) is 12.1 Å². The van der Waals surface area contributed by atoms with Gasteiger partial charge in [-0.3, -0.25) is 0 Å². The highest BCUT2D eigenvalue weighted by atomic mass is 35.5. The second-order valence-corrected chi connectivity index (χ2v) is 8.60.